The van der Waals surface area contributed by atoms with Crippen molar-refractivity contribution in [2.75, 3.05) is 11.9 Å². The van der Waals surface area contributed by atoms with Crippen LogP contribution < -0.4 is 11.1 Å². The Morgan fingerprint density at radius 3 is 2.52 bits per heavy atom. The molecular formula is C18H22ClF3N4O3. The molecule has 0 saturated heterocycles. The third kappa shape index (κ3) is 5.70. The number of benzene rings is 1. The van der Waals surface area contributed by atoms with Gasteiger partial charge in [0.25, 0.3) is 0 Å². The summed E-state index contributed by atoms with van der Waals surface area (Å²) in [5.74, 6) is -1.97. The summed E-state index contributed by atoms with van der Waals surface area (Å²) in [6.45, 7) is 4.74. The third-order valence-corrected chi connectivity index (χ3v) is 4.09. The third-order valence-electron chi connectivity index (χ3n) is 4.09. The molecule has 1 amide bonds. The number of esters is 1. The van der Waals surface area contributed by atoms with Gasteiger partial charge >= 0.3 is 12.1 Å². The first kappa shape index (κ1) is 24.4. The van der Waals surface area contributed by atoms with E-state index in [1.807, 2.05) is 0 Å². The fraction of sp³-hybridized carbons (Fsp3) is 0.389. The SMILES string of the molecule is CCOC(=O)c1cnn(-c2cccc(NC(=O)C(C)C(C)N)c2)c1C(F)(F)F.Cl. The van der Waals surface area contributed by atoms with Gasteiger partial charge in [0, 0.05) is 11.7 Å². The second-order valence-electron chi connectivity index (χ2n) is 6.22. The predicted octanol–water partition coefficient (Wildman–Crippen LogP) is 3.41. The molecule has 29 heavy (non-hydrogen) atoms. The van der Waals surface area contributed by atoms with Crippen molar-refractivity contribution in [2.24, 2.45) is 11.7 Å². The van der Waals surface area contributed by atoms with E-state index in [0.29, 0.717) is 4.68 Å². The Hall–Kier alpha value is -2.59. The van der Waals surface area contributed by atoms with E-state index in [1.54, 1.807) is 13.8 Å². The van der Waals surface area contributed by atoms with Gasteiger partial charge in [-0.05, 0) is 32.0 Å². The number of ether oxygens (including phenoxy) is 1. The number of nitrogens with one attached hydrogen (secondary N) is 1. The zero-order chi connectivity index (χ0) is 21.1. The fourth-order valence-corrected chi connectivity index (χ4v) is 2.39. The van der Waals surface area contributed by atoms with Crippen LogP contribution in [0.2, 0.25) is 0 Å². The van der Waals surface area contributed by atoms with Crippen molar-refractivity contribution >= 4 is 30.0 Å². The maximum atomic E-state index is 13.6. The van der Waals surface area contributed by atoms with Crippen molar-refractivity contribution in [1.82, 2.24) is 9.78 Å². The Kier molecular flexibility index (Phi) is 8.22. The molecule has 1 aromatic heterocycles. The monoisotopic (exact) mass is 434 g/mol. The van der Waals surface area contributed by atoms with Crippen LogP contribution in [-0.4, -0.2) is 34.3 Å². The highest BCUT2D eigenvalue weighted by atomic mass is 35.5. The zero-order valence-corrected chi connectivity index (χ0v) is 16.8. The van der Waals surface area contributed by atoms with Gasteiger partial charge < -0.3 is 15.8 Å². The van der Waals surface area contributed by atoms with Crippen LogP contribution in [0.5, 0.6) is 0 Å². The van der Waals surface area contributed by atoms with Crippen LogP contribution in [0.1, 0.15) is 36.8 Å². The number of nitrogens with two attached hydrogens (primary N) is 1. The summed E-state index contributed by atoms with van der Waals surface area (Å²) < 4.78 is 46.0. The average Bonchev–Trinajstić information content (AvgIpc) is 3.07. The van der Waals surface area contributed by atoms with Crippen molar-refractivity contribution in [3.05, 3.63) is 41.7 Å². The summed E-state index contributed by atoms with van der Waals surface area (Å²) in [4.78, 5) is 24.0. The second kappa shape index (κ2) is 9.75. The van der Waals surface area contributed by atoms with Crippen LogP contribution in [0.4, 0.5) is 18.9 Å². The number of alkyl halides is 3. The van der Waals surface area contributed by atoms with Gasteiger partial charge in [0.15, 0.2) is 5.69 Å². The highest BCUT2D eigenvalue weighted by Gasteiger charge is 2.41. The highest BCUT2D eigenvalue weighted by molar-refractivity contribution is 5.93. The average molecular weight is 435 g/mol. The predicted molar refractivity (Wildman–Crippen MR) is 103 cm³/mol. The summed E-state index contributed by atoms with van der Waals surface area (Å²) >= 11 is 0. The lowest BCUT2D eigenvalue weighted by Crippen LogP contribution is -2.34. The standard InChI is InChI=1S/C18H21F3N4O3.ClH/c1-4-28-17(27)14-9-23-25(15(14)18(19,20)21)13-7-5-6-12(8-13)24-16(26)10(2)11(3)22;/h5-11H,4,22H2,1-3H3,(H,24,26);1H. The molecule has 0 aliphatic rings. The van der Waals surface area contributed by atoms with Crippen molar-refractivity contribution in [2.45, 2.75) is 33.0 Å². The molecule has 2 aromatic rings. The van der Waals surface area contributed by atoms with Gasteiger partial charge in [-0.2, -0.15) is 18.3 Å². The smallest absolute Gasteiger partial charge is 0.434 e. The number of amides is 1. The lowest BCUT2D eigenvalue weighted by Gasteiger charge is -2.16. The Morgan fingerprint density at radius 1 is 1.31 bits per heavy atom. The highest BCUT2D eigenvalue weighted by Crippen LogP contribution is 2.34. The van der Waals surface area contributed by atoms with E-state index in [4.69, 9.17) is 5.73 Å². The number of carbonyl (C=O) groups is 2. The Morgan fingerprint density at radius 2 is 1.97 bits per heavy atom. The van der Waals surface area contributed by atoms with Gasteiger partial charge in [-0.25, -0.2) is 9.48 Å². The minimum Gasteiger partial charge on any atom is -0.462 e. The molecule has 3 N–H and O–H groups in total. The van der Waals surface area contributed by atoms with E-state index >= 15 is 0 Å². The molecule has 7 nitrogen and oxygen atoms in total. The van der Waals surface area contributed by atoms with Gasteiger partial charge in [-0.1, -0.05) is 13.0 Å². The Labute approximate surface area is 171 Å². The number of nitrogens with zero attached hydrogens (tertiary/aromatic N) is 2. The number of hydrogen-bond acceptors (Lipinski definition) is 5. The summed E-state index contributed by atoms with van der Waals surface area (Å²) in [6, 6.07) is 5.30. The maximum absolute atomic E-state index is 13.6. The van der Waals surface area contributed by atoms with E-state index in [2.05, 4.69) is 15.2 Å². The molecule has 2 rings (SSSR count). The van der Waals surface area contributed by atoms with E-state index in [9.17, 15) is 22.8 Å². The number of hydrogen-bond donors (Lipinski definition) is 2. The van der Waals surface area contributed by atoms with Gasteiger partial charge in [0.1, 0.15) is 5.56 Å². The summed E-state index contributed by atoms with van der Waals surface area (Å²) in [5, 5.41) is 6.31. The van der Waals surface area contributed by atoms with Crippen molar-refractivity contribution < 1.29 is 27.5 Å². The van der Waals surface area contributed by atoms with Crippen LogP contribution in [0.3, 0.4) is 0 Å². The zero-order valence-electron chi connectivity index (χ0n) is 16.0. The van der Waals surface area contributed by atoms with E-state index in [1.165, 1.54) is 31.2 Å². The van der Waals surface area contributed by atoms with Crippen LogP contribution in [0.15, 0.2) is 30.5 Å². The lowest BCUT2D eigenvalue weighted by molar-refractivity contribution is -0.143. The number of aromatic nitrogens is 2. The number of halogens is 4. The van der Waals surface area contributed by atoms with Crippen molar-refractivity contribution in [3.63, 3.8) is 0 Å². The van der Waals surface area contributed by atoms with Crippen molar-refractivity contribution in [1.29, 1.82) is 0 Å². The molecular weight excluding hydrogens is 413 g/mol. The topological polar surface area (TPSA) is 99.2 Å². The second-order valence-corrected chi connectivity index (χ2v) is 6.22. The molecule has 0 spiro atoms. The molecule has 0 radical (unpaired) electrons. The molecule has 0 bridgehead atoms. The quantitative estimate of drug-likeness (QED) is 0.679. The van der Waals surface area contributed by atoms with Gasteiger partial charge in [0.2, 0.25) is 5.91 Å². The van der Waals surface area contributed by atoms with E-state index in [-0.39, 0.29) is 36.3 Å². The summed E-state index contributed by atoms with van der Waals surface area (Å²) in [5.41, 5.74) is 4.05. The first-order valence-corrected chi connectivity index (χ1v) is 8.55. The number of rotatable bonds is 6. The molecule has 0 saturated carbocycles. The Bertz CT molecular complexity index is 868. The van der Waals surface area contributed by atoms with Crippen LogP contribution >= 0.6 is 12.4 Å². The van der Waals surface area contributed by atoms with E-state index in [0.717, 1.165) is 6.20 Å². The lowest BCUT2D eigenvalue weighted by atomic mass is 10.0. The van der Waals surface area contributed by atoms with Gasteiger partial charge in [0.05, 0.1) is 24.4 Å². The van der Waals surface area contributed by atoms with Gasteiger partial charge in [-0.15, -0.1) is 12.4 Å². The minimum atomic E-state index is -4.85. The summed E-state index contributed by atoms with van der Waals surface area (Å²) in [7, 11) is 0. The van der Waals surface area contributed by atoms with E-state index < -0.39 is 35.4 Å². The normalized spacial score (nSPS) is 13.2. The molecule has 11 heteroatoms. The van der Waals surface area contributed by atoms with Crippen LogP contribution in [0.25, 0.3) is 5.69 Å². The molecule has 0 aliphatic carbocycles. The Balaban J connectivity index is 0.00000420. The molecule has 0 fully saturated rings. The van der Waals surface area contributed by atoms with Gasteiger partial charge in [-0.3, -0.25) is 4.79 Å². The molecule has 160 valence electrons. The molecule has 0 aliphatic heterocycles. The summed E-state index contributed by atoms with van der Waals surface area (Å²) in [6.07, 6.45) is -4.04. The van der Waals surface area contributed by atoms with Crippen molar-refractivity contribution in [3.8, 4) is 5.69 Å². The first-order valence-electron chi connectivity index (χ1n) is 8.55. The largest absolute Gasteiger partial charge is 0.462 e. The molecule has 2 unspecified atom stereocenters. The molecule has 1 aromatic carbocycles. The molecule has 1 heterocycles. The maximum Gasteiger partial charge on any atom is 0.434 e. The van der Waals surface area contributed by atoms with Crippen LogP contribution in [0, 0.1) is 5.92 Å². The first-order chi connectivity index (χ1) is 13.1. The minimum absolute atomic E-state index is 0. The molecule has 2 atom stereocenters. The number of carbonyl (C=O) groups excluding carboxylic acids is 2. The number of anilines is 1. The fourth-order valence-electron chi connectivity index (χ4n) is 2.39. The van der Waals surface area contributed by atoms with Crippen LogP contribution in [-0.2, 0) is 15.7 Å².